The second-order valence-corrected chi connectivity index (χ2v) is 17.2. The van der Waals surface area contributed by atoms with Crippen molar-refractivity contribution in [1.29, 1.82) is 0 Å². The number of hydrogen-bond acceptors (Lipinski definition) is 7. The van der Waals surface area contributed by atoms with E-state index in [-0.39, 0.29) is 20.1 Å². The van der Waals surface area contributed by atoms with Crippen LogP contribution in [0.3, 0.4) is 0 Å². The third kappa shape index (κ3) is 10.6. The van der Waals surface area contributed by atoms with Gasteiger partial charge in [0.15, 0.2) is 0 Å². The number of hydrogen-bond donors (Lipinski definition) is 0. The first kappa shape index (κ1) is 46.0. The van der Waals surface area contributed by atoms with Gasteiger partial charge in [-0.05, 0) is 73.2 Å². The SMILES string of the molecule is CC(C)c1cc[c-]c(N2[CH-]N(CCCCN3[CH-]N(c4[c-]ccc(C(C)C)c4)c4ccccc43)c3ccccc32)c1.Cn1n[n+](Cc2ccccc2)[c-]c1-c1[c-]n(Cc2ccccc2)nn1.[Ir]. The van der Waals surface area contributed by atoms with Gasteiger partial charge in [0, 0.05) is 54.6 Å². The molecule has 339 valence electrons. The molecular formula is C55H55IrN10-5. The van der Waals surface area contributed by atoms with Crippen molar-refractivity contribution in [2.45, 2.75) is 65.5 Å². The van der Waals surface area contributed by atoms with E-state index >= 15 is 0 Å². The maximum Gasteiger partial charge on any atom is 0.116 e. The molecule has 0 atom stereocenters. The van der Waals surface area contributed by atoms with Crippen LogP contribution in [0.4, 0.5) is 34.1 Å². The van der Waals surface area contributed by atoms with E-state index in [9.17, 15) is 0 Å². The third-order valence-electron chi connectivity index (χ3n) is 11.8. The molecule has 6 aromatic carbocycles. The molecule has 0 spiro atoms. The molecule has 0 amide bonds. The maximum atomic E-state index is 4.46. The zero-order valence-corrected chi connectivity index (χ0v) is 40.6. The average molecular weight is 1050 g/mol. The summed E-state index contributed by atoms with van der Waals surface area (Å²) in [6.07, 6.45) is 8.62. The topological polar surface area (TPSA) is 65.4 Å². The summed E-state index contributed by atoms with van der Waals surface area (Å²) in [6.45, 7) is 16.7. The molecule has 0 unspecified atom stereocenters. The van der Waals surface area contributed by atoms with Crippen LogP contribution in [0.5, 0.6) is 0 Å². The van der Waals surface area contributed by atoms with E-state index in [1.807, 2.05) is 55.6 Å². The molecule has 0 saturated carbocycles. The van der Waals surface area contributed by atoms with Gasteiger partial charge in [-0.25, -0.2) is 15.6 Å². The molecule has 10 nitrogen and oxygen atoms in total. The zero-order valence-electron chi connectivity index (χ0n) is 38.2. The summed E-state index contributed by atoms with van der Waals surface area (Å²) in [6, 6.07) is 57.5. The van der Waals surface area contributed by atoms with Gasteiger partial charge in [-0.3, -0.25) is 5.10 Å². The molecule has 2 aliphatic heterocycles. The van der Waals surface area contributed by atoms with E-state index in [1.54, 1.807) is 14.0 Å². The molecule has 4 heterocycles. The molecule has 0 aliphatic carbocycles. The molecule has 2 aliphatic rings. The van der Waals surface area contributed by atoms with Gasteiger partial charge in [0.1, 0.15) is 6.54 Å². The molecule has 2 aromatic heterocycles. The van der Waals surface area contributed by atoms with E-state index < -0.39 is 0 Å². The first-order valence-corrected chi connectivity index (χ1v) is 22.6. The van der Waals surface area contributed by atoms with Gasteiger partial charge in [-0.15, -0.1) is 28.7 Å². The Hall–Kier alpha value is -6.55. The van der Waals surface area contributed by atoms with E-state index in [1.165, 1.54) is 39.4 Å². The number of unbranched alkanes of at least 4 members (excludes halogenated alkanes) is 1. The summed E-state index contributed by atoms with van der Waals surface area (Å²) in [7, 11) is 1.87. The Bertz CT molecular complexity index is 2690. The van der Waals surface area contributed by atoms with E-state index in [0.717, 1.165) is 48.6 Å². The van der Waals surface area contributed by atoms with Crippen molar-refractivity contribution in [2.24, 2.45) is 7.05 Å². The van der Waals surface area contributed by atoms with Gasteiger partial charge in [-0.2, -0.15) is 66.6 Å². The standard InChI is InChI=1S/C36H38N4.C19H17N6.Ir/c1-27(2)29-13-11-15-31(23-29)39-25-37(33-17-5-7-19-35(33)39)21-9-10-22-38-26-40(36-20-8-6-18-34(36)38)32-16-12-14-30(24-32)28(3)4;1-23-19(15-25(22-23)13-17-10-6-3-7-11-17)18-14-24(21-20-18)12-16-8-4-2-5-9-16;/h5-8,11-14,17-20,23-28H,9-10,21-22H2,1-4H3;2-11H,12-13H2,1H3;/q-4;-1;. The number of nitrogens with zero attached hydrogens (tertiary/aromatic N) is 10. The van der Waals surface area contributed by atoms with Crippen molar-refractivity contribution in [3.8, 4) is 11.4 Å². The van der Waals surface area contributed by atoms with Gasteiger partial charge < -0.3 is 24.3 Å². The number of aromatic nitrogens is 6. The van der Waals surface area contributed by atoms with Gasteiger partial charge in [-0.1, -0.05) is 125 Å². The number of para-hydroxylation sites is 4. The second-order valence-electron chi connectivity index (χ2n) is 17.2. The third-order valence-corrected chi connectivity index (χ3v) is 11.8. The van der Waals surface area contributed by atoms with Crippen molar-refractivity contribution in [3.63, 3.8) is 0 Å². The first-order chi connectivity index (χ1) is 31.8. The van der Waals surface area contributed by atoms with Gasteiger partial charge in [0.25, 0.3) is 0 Å². The summed E-state index contributed by atoms with van der Waals surface area (Å²) in [5, 5.41) is 12.8. The van der Waals surface area contributed by atoms with Crippen LogP contribution in [0.2, 0.25) is 0 Å². The molecule has 0 saturated heterocycles. The monoisotopic (exact) mass is 1050 g/mol. The maximum absolute atomic E-state index is 4.46. The minimum Gasteiger partial charge on any atom is -0.501 e. The number of benzene rings is 6. The summed E-state index contributed by atoms with van der Waals surface area (Å²) in [4.78, 5) is 9.35. The van der Waals surface area contributed by atoms with Gasteiger partial charge >= 0.3 is 0 Å². The predicted octanol–water partition coefficient (Wildman–Crippen LogP) is 10.8. The van der Waals surface area contributed by atoms with Crippen LogP contribution in [0.15, 0.2) is 146 Å². The first-order valence-electron chi connectivity index (χ1n) is 22.6. The van der Waals surface area contributed by atoms with Crippen LogP contribution in [0.1, 0.15) is 74.6 Å². The van der Waals surface area contributed by atoms with Crippen LogP contribution in [0, 0.1) is 37.9 Å². The fourth-order valence-corrected chi connectivity index (χ4v) is 8.24. The zero-order chi connectivity index (χ0) is 44.7. The van der Waals surface area contributed by atoms with E-state index in [4.69, 9.17) is 0 Å². The molecular weight excluding hydrogens is 993 g/mol. The minimum absolute atomic E-state index is 0. The van der Waals surface area contributed by atoms with Crippen LogP contribution in [-0.4, -0.2) is 38.0 Å². The minimum atomic E-state index is 0. The average Bonchev–Trinajstić information content (AvgIpc) is 4.13. The predicted molar refractivity (Wildman–Crippen MR) is 260 cm³/mol. The number of anilines is 6. The summed E-state index contributed by atoms with van der Waals surface area (Å²) >= 11 is 0. The van der Waals surface area contributed by atoms with Crippen molar-refractivity contribution in [2.75, 3.05) is 32.7 Å². The Balaban J connectivity index is 0.000000196. The molecule has 0 fully saturated rings. The molecule has 0 bridgehead atoms. The smallest absolute Gasteiger partial charge is 0.116 e. The quantitative estimate of drug-likeness (QED) is 0.0611. The fourth-order valence-electron chi connectivity index (χ4n) is 8.24. The van der Waals surface area contributed by atoms with Gasteiger partial charge in [0.2, 0.25) is 0 Å². The largest absolute Gasteiger partial charge is 0.501 e. The Kier molecular flexibility index (Phi) is 14.8. The Morgan fingerprint density at radius 2 is 1.09 bits per heavy atom. The van der Waals surface area contributed by atoms with E-state index in [2.05, 4.69) is 198 Å². The molecule has 0 N–H and O–H groups in total. The van der Waals surface area contributed by atoms with Crippen molar-refractivity contribution in [3.05, 3.63) is 206 Å². The summed E-state index contributed by atoms with van der Waals surface area (Å²) < 4.78 is 5.22. The van der Waals surface area contributed by atoms with Crippen LogP contribution in [0.25, 0.3) is 11.4 Å². The Morgan fingerprint density at radius 1 is 0.606 bits per heavy atom. The van der Waals surface area contributed by atoms with Crippen LogP contribution < -0.4 is 24.3 Å². The second kappa shape index (κ2) is 21.2. The molecule has 11 heteroatoms. The van der Waals surface area contributed by atoms with Crippen molar-refractivity contribution < 1.29 is 24.8 Å². The number of fused-ring (bicyclic) bond motifs is 2. The van der Waals surface area contributed by atoms with Crippen LogP contribution in [-0.2, 0) is 40.2 Å². The van der Waals surface area contributed by atoms with E-state index in [0.29, 0.717) is 30.6 Å². The van der Waals surface area contributed by atoms with Crippen molar-refractivity contribution in [1.82, 2.24) is 24.9 Å². The molecule has 66 heavy (non-hydrogen) atoms. The summed E-state index contributed by atoms with van der Waals surface area (Å²) in [5.74, 6) is 0.977. The molecule has 1 radical (unpaired) electrons. The fraction of sp³-hybridized carbons (Fsp3) is 0.236. The van der Waals surface area contributed by atoms with Crippen molar-refractivity contribution >= 4 is 34.1 Å². The number of rotatable bonds is 14. The Labute approximate surface area is 404 Å². The normalized spacial score (nSPS) is 12.9. The number of aryl methyl sites for hydroxylation is 1. The van der Waals surface area contributed by atoms with Crippen LogP contribution >= 0.6 is 0 Å². The summed E-state index contributed by atoms with van der Waals surface area (Å²) in [5.41, 5.74) is 13.6. The molecule has 10 rings (SSSR count). The molecule has 8 aromatic rings. The van der Waals surface area contributed by atoms with Gasteiger partial charge in [0.05, 0.1) is 7.05 Å². The Morgan fingerprint density at radius 3 is 1.61 bits per heavy atom.